The highest BCUT2D eigenvalue weighted by Crippen LogP contribution is 2.29. The zero-order valence-corrected chi connectivity index (χ0v) is 17.4. The fraction of sp³-hybridized carbons (Fsp3) is 0.667. The van der Waals surface area contributed by atoms with E-state index in [4.69, 9.17) is 4.74 Å². The lowest BCUT2D eigenvalue weighted by molar-refractivity contribution is -0.00284. The number of rotatable bonds is 6. The fourth-order valence-corrected chi connectivity index (χ4v) is 4.76. The van der Waals surface area contributed by atoms with Crippen LogP contribution in [0.3, 0.4) is 0 Å². The number of fused-ring (bicyclic) bond motifs is 1. The molecule has 1 aromatic heterocycles. The zero-order valence-electron chi connectivity index (χ0n) is 16.6. The second-order valence-corrected chi connectivity index (χ2v) is 8.37. The van der Waals surface area contributed by atoms with E-state index in [1.54, 1.807) is 0 Å². The largest absolute Gasteiger partial charge is 0.376 e. The van der Waals surface area contributed by atoms with Crippen LogP contribution in [0.5, 0.6) is 0 Å². The molecule has 1 saturated carbocycles. The molecule has 0 spiro atoms. The normalized spacial score (nSPS) is 27.5. The summed E-state index contributed by atoms with van der Waals surface area (Å²) in [5.74, 6) is 6.86. The lowest BCUT2D eigenvalue weighted by Crippen LogP contribution is -2.47. The maximum Gasteiger partial charge on any atom is 0.254 e. The van der Waals surface area contributed by atoms with Crippen LogP contribution in [0.25, 0.3) is 0 Å². The predicted octanol–water partition coefficient (Wildman–Crippen LogP) is 2.98. The van der Waals surface area contributed by atoms with Crippen molar-refractivity contribution in [2.45, 2.75) is 70.6 Å². The highest BCUT2D eigenvalue weighted by Gasteiger charge is 2.32. The molecule has 148 valence electrons. The smallest absolute Gasteiger partial charge is 0.254 e. The standard InChI is InChI=1S/C21H31N3O2S/c1-4-5-16-7-11-18(12-8-16)26-14-20-19(23-27-22-3)13-10-17-9-6-15(2)21(25)24(17)20/h6,9,16,18-20,22-23H,7-8,10-14H2,1-3H3. The number of ether oxygens (including phenoxy) is 1. The van der Waals surface area contributed by atoms with Crippen molar-refractivity contribution < 1.29 is 4.74 Å². The van der Waals surface area contributed by atoms with Crippen molar-refractivity contribution >= 4 is 12.1 Å². The molecule has 3 rings (SSSR count). The van der Waals surface area contributed by atoms with Gasteiger partial charge in [0.1, 0.15) is 0 Å². The first-order chi connectivity index (χ1) is 13.1. The highest BCUT2D eigenvalue weighted by molar-refractivity contribution is 7.95. The summed E-state index contributed by atoms with van der Waals surface area (Å²) in [6.45, 7) is 4.38. The van der Waals surface area contributed by atoms with E-state index in [9.17, 15) is 4.79 Å². The Morgan fingerprint density at radius 1 is 1.26 bits per heavy atom. The summed E-state index contributed by atoms with van der Waals surface area (Å²) in [5.41, 5.74) is 2.03. The second kappa shape index (κ2) is 9.79. The Morgan fingerprint density at radius 3 is 2.74 bits per heavy atom. The van der Waals surface area contributed by atoms with E-state index in [1.807, 2.05) is 31.5 Å². The summed E-state index contributed by atoms with van der Waals surface area (Å²) in [6.07, 6.45) is 6.55. The minimum Gasteiger partial charge on any atom is -0.376 e. The van der Waals surface area contributed by atoms with Crippen LogP contribution in [0.4, 0.5) is 0 Å². The molecule has 2 aliphatic rings. The molecule has 0 amide bonds. The maximum absolute atomic E-state index is 12.9. The number of nitrogens with one attached hydrogen (secondary N) is 2. The molecule has 1 aliphatic heterocycles. The third-order valence-electron chi connectivity index (χ3n) is 5.74. The van der Waals surface area contributed by atoms with Crippen LogP contribution in [-0.2, 0) is 11.2 Å². The molecule has 27 heavy (non-hydrogen) atoms. The summed E-state index contributed by atoms with van der Waals surface area (Å²) < 4.78 is 14.8. The molecule has 2 atom stereocenters. The van der Waals surface area contributed by atoms with Gasteiger partial charge < -0.3 is 9.30 Å². The van der Waals surface area contributed by atoms with Gasteiger partial charge in [0.05, 0.1) is 18.8 Å². The van der Waals surface area contributed by atoms with Crippen molar-refractivity contribution in [2.24, 2.45) is 5.92 Å². The fourth-order valence-electron chi connectivity index (χ4n) is 4.21. The molecular formula is C21H31N3O2S. The number of hydrogen-bond acceptors (Lipinski definition) is 5. The van der Waals surface area contributed by atoms with Crippen molar-refractivity contribution in [2.75, 3.05) is 13.7 Å². The van der Waals surface area contributed by atoms with E-state index in [0.717, 1.165) is 49.8 Å². The Labute approximate surface area is 166 Å². The Hall–Kier alpha value is -1.26. The van der Waals surface area contributed by atoms with Gasteiger partial charge >= 0.3 is 0 Å². The van der Waals surface area contributed by atoms with E-state index in [-0.39, 0.29) is 23.7 Å². The van der Waals surface area contributed by atoms with E-state index in [1.165, 1.54) is 12.1 Å². The molecule has 0 bridgehead atoms. The molecule has 0 saturated heterocycles. The van der Waals surface area contributed by atoms with Gasteiger partial charge in [-0.05, 0) is 65.5 Å². The summed E-state index contributed by atoms with van der Waals surface area (Å²) in [5, 5.41) is 0. The zero-order chi connectivity index (χ0) is 19.2. The molecule has 5 nitrogen and oxygen atoms in total. The van der Waals surface area contributed by atoms with Crippen LogP contribution in [0.15, 0.2) is 16.9 Å². The summed E-state index contributed by atoms with van der Waals surface area (Å²) in [7, 11) is 1.90. The van der Waals surface area contributed by atoms with E-state index >= 15 is 0 Å². The molecule has 2 heterocycles. The predicted molar refractivity (Wildman–Crippen MR) is 112 cm³/mol. The van der Waals surface area contributed by atoms with Crippen molar-refractivity contribution in [1.29, 1.82) is 0 Å². The topological polar surface area (TPSA) is 55.3 Å². The molecule has 1 fully saturated rings. The lowest BCUT2D eigenvalue weighted by atomic mass is 9.88. The Morgan fingerprint density at radius 2 is 2.04 bits per heavy atom. The van der Waals surface area contributed by atoms with E-state index in [2.05, 4.69) is 27.4 Å². The number of aryl methyl sites for hydroxylation is 2. The van der Waals surface area contributed by atoms with Crippen molar-refractivity contribution in [3.63, 3.8) is 0 Å². The van der Waals surface area contributed by atoms with E-state index in [0.29, 0.717) is 12.5 Å². The van der Waals surface area contributed by atoms with E-state index < -0.39 is 0 Å². The van der Waals surface area contributed by atoms with Gasteiger partial charge in [0.25, 0.3) is 5.56 Å². The third-order valence-corrected chi connectivity index (χ3v) is 6.36. The number of aromatic nitrogens is 1. The lowest BCUT2D eigenvalue weighted by Gasteiger charge is -2.37. The summed E-state index contributed by atoms with van der Waals surface area (Å²) >= 11 is 1.48. The Bertz CT molecular complexity index is 744. The first-order valence-electron chi connectivity index (χ1n) is 9.97. The van der Waals surface area contributed by atoms with Gasteiger partial charge in [-0.3, -0.25) is 9.52 Å². The molecule has 2 N–H and O–H groups in total. The van der Waals surface area contributed by atoms with Gasteiger partial charge in [0.15, 0.2) is 0 Å². The Kier molecular flexibility index (Phi) is 7.42. The van der Waals surface area contributed by atoms with Gasteiger partial charge in [-0.15, -0.1) is 11.8 Å². The minimum atomic E-state index is 0.0233. The number of nitrogens with zero attached hydrogens (tertiary/aromatic N) is 1. The van der Waals surface area contributed by atoms with Crippen LogP contribution in [-0.4, -0.2) is 30.4 Å². The average Bonchev–Trinajstić information content (AvgIpc) is 2.69. The van der Waals surface area contributed by atoms with Gasteiger partial charge in [-0.25, -0.2) is 4.72 Å². The van der Waals surface area contributed by atoms with Crippen molar-refractivity contribution in [3.8, 4) is 11.8 Å². The van der Waals surface area contributed by atoms with Crippen LogP contribution in [0, 0.1) is 24.7 Å². The highest BCUT2D eigenvalue weighted by atomic mass is 32.2. The van der Waals surface area contributed by atoms with Crippen LogP contribution in [0.1, 0.15) is 56.3 Å². The quantitative estimate of drug-likeness (QED) is 0.579. The number of hydrogen-bond donors (Lipinski definition) is 2. The number of pyridine rings is 1. The molecule has 0 aromatic carbocycles. The van der Waals surface area contributed by atoms with Crippen molar-refractivity contribution in [3.05, 3.63) is 33.7 Å². The summed E-state index contributed by atoms with van der Waals surface area (Å²) in [4.78, 5) is 12.9. The first kappa shape index (κ1) is 20.5. The molecule has 1 aliphatic carbocycles. The van der Waals surface area contributed by atoms with Gasteiger partial charge in [-0.1, -0.05) is 6.07 Å². The van der Waals surface area contributed by atoms with Crippen molar-refractivity contribution in [1.82, 2.24) is 14.0 Å². The molecular weight excluding hydrogens is 358 g/mol. The first-order valence-corrected chi connectivity index (χ1v) is 10.8. The molecule has 0 radical (unpaired) electrons. The monoisotopic (exact) mass is 389 g/mol. The maximum atomic E-state index is 12.9. The minimum absolute atomic E-state index is 0.0233. The van der Waals surface area contributed by atoms with Crippen LogP contribution < -0.4 is 15.0 Å². The van der Waals surface area contributed by atoms with Gasteiger partial charge in [0.2, 0.25) is 0 Å². The molecule has 2 unspecified atom stereocenters. The average molecular weight is 390 g/mol. The Balaban J connectivity index is 1.71. The molecule has 6 heteroatoms. The summed E-state index contributed by atoms with van der Waals surface area (Å²) in [6, 6.07) is 4.27. The molecule has 1 aromatic rings. The van der Waals surface area contributed by atoms with Crippen LogP contribution >= 0.6 is 12.1 Å². The van der Waals surface area contributed by atoms with Crippen LogP contribution in [0.2, 0.25) is 0 Å². The second-order valence-electron chi connectivity index (χ2n) is 7.52. The van der Waals surface area contributed by atoms with Gasteiger partial charge in [-0.2, -0.15) is 0 Å². The third kappa shape index (κ3) is 4.97. The SMILES string of the molecule is CC#CC1CCC(OCC2C(NSNC)CCc3ccc(C)c(=O)n32)CC1. The van der Waals surface area contributed by atoms with Gasteiger partial charge in [0, 0.05) is 35.4 Å².